The Hall–Kier alpha value is -3.08. The molecule has 5 nitrogen and oxygen atoms in total. The normalized spacial score (nSPS) is 10.9. The Balaban J connectivity index is 1.81. The van der Waals surface area contributed by atoms with Crippen LogP contribution in [0.3, 0.4) is 0 Å². The van der Waals surface area contributed by atoms with Crippen molar-refractivity contribution in [1.29, 1.82) is 0 Å². The second-order valence-electron chi connectivity index (χ2n) is 6.84. The van der Waals surface area contributed by atoms with Crippen molar-refractivity contribution in [1.82, 2.24) is 4.90 Å². The molecule has 0 atom stereocenters. The number of fused-ring (bicyclic) bond motifs is 1. The molecule has 0 spiro atoms. The van der Waals surface area contributed by atoms with Crippen LogP contribution in [-0.2, 0) is 22.6 Å². The zero-order valence-electron chi connectivity index (χ0n) is 15.7. The van der Waals surface area contributed by atoms with Gasteiger partial charge in [-0.2, -0.15) is 0 Å². The Kier molecular flexibility index (Phi) is 5.60. The standard InChI is InChI=1S/C22H24N2O3/c1-15-8-9-19-18(14-27-22(19)16(15)2)12-21(26)24(11-10-20(23)25)13-17-6-4-3-5-7-17/h3-9,14H,10-13H2,1-2H3,(H2,23,25). The number of hydrogen-bond acceptors (Lipinski definition) is 3. The van der Waals surface area contributed by atoms with Crippen LogP contribution in [0.25, 0.3) is 11.0 Å². The predicted molar refractivity (Wildman–Crippen MR) is 105 cm³/mol. The summed E-state index contributed by atoms with van der Waals surface area (Å²) >= 11 is 0. The number of carbonyl (C=O) groups excluding carboxylic acids is 2. The average Bonchev–Trinajstić information content (AvgIpc) is 3.05. The SMILES string of the molecule is Cc1ccc2c(CC(=O)N(CCC(N)=O)Cc3ccccc3)coc2c1C. The van der Waals surface area contributed by atoms with E-state index in [1.54, 1.807) is 11.2 Å². The lowest BCUT2D eigenvalue weighted by atomic mass is 10.0. The number of amides is 2. The fourth-order valence-electron chi connectivity index (χ4n) is 3.14. The maximum absolute atomic E-state index is 13.0. The number of furan rings is 1. The van der Waals surface area contributed by atoms with Crippen molar-refractivity contribution in [3.63, 3.8) is 0 Å². The van der Waals surface area contributed by atoms with Gasteiger partial charge in [0, 0.05) is 30.5 Å². The second-order valence-corrected chi connectivity index (χ2v) is 6.84. The topological polar surface area (TPSA) is 76.5 Å². The Bertz CT molecular complexity index is 960. The van der Waals surface area contributed by atoms with Crippen molar-refractivity contribution in [2.75, 3.05) is 6.54 Å². The molecular weight excluding hydrogens is 340 g/mol. The van der Waals surface area contributed by atoms with Crippen molar-refractivity contribution >= 4 is 22.8 Å². The summed E-state index contributed by atoms with van der Waals surface area (Å²) in [5.41, 5.74) is 10.2. The third-order valence-electron chi connectivity index (χ3n) is 4.88. The lowest BCUT2D eigenvalue weighted by Gasteiger charge is -2.22. The number of nitrogens with two attached hydrogens (primary N) is 1. The maximum Gasteiger partial charge on any atom is 0.227 e. The summed E-state index contributed by atoms with van der Waals surface area (Å²) in [6.07, 6.45) is 2.02. The fraction of sp³-hybridized carbons (Fsp3) is 0.273. The van der Waals surface area contributed by atoms with Crippen molar-refractivity contribution in [2.24, 2.45) is 5.73 Å². The van der Waals surface area contributed by atoms with Gasteiger partial charge >= 0.3 is 0 Å². The van der Waals surface area contributed by atoms with Gasteiger partial charge in [-0.3, -0.25) is 9.59 Å². The maximum atomic E-state index is 13.0. The quantitative estimate of drug-likeness (QED) is 0.697. The molecular formula is C22H24N2O3. The third kappa shape index (κ3) is 4.37. The van der Waals surface area contributed by atoms with Crippen molar-refractivity contribution < 1.29 is 14.0 Å². The van der Waals surface area contributed by atoms with Crippen LogP contribution >= 0.6 is 0 Å². The highest BCUT2D eigenvalue weighted by molar-refractivity contribution is 5.89. The monoisotopic (exact) mass is 364 g/mol. The molecule has 0 bridgehead atoms. The molecule has 0 fully saturated rings. The molecule has 5 heteroatoms. The first-order valence-electron chi connectivity index (χ1n) is 9.02. The fourth-order valence-corrected chi connectivity index (χ4v) is 3.14. The van der Waals surface area contributed by atoms with Gasteiger partial charge in [0.2, 0.25) is 11.8 Å². The summed E-state index contributed by atoms with van der Waals surface area (Å²) in [6, 6.07) is 13.8. The molecule has 0 aliphatic rings. The molecule has 3 aromatic rings. The van der Waals surface area contributed by atoms with Gasteiger partial charge in [-0.25, -0.2) is 0 Å². The van der Waals surface area contributed by atoms with Crippen LogP contribution < -0.4 is 5.73 Å². The highest BCUT2D eigenvalue weighted by Crippen LogP contribution is 2.27. The number of hydrogen-bond donors (Lipinski definition) is 1. The minimum absolute atomic E-state index is 0.0546. The van der Waals surface area contributed by atoms with Crippen LogP contribution in [0.2, 0.25) is 0 Å². The molecule has 1 heterocycles. The summed E-state index contributed by atoms with van der Waals surface area (Å²) in [6.45, 7) is 4.80. The van der Waals surface area contributed by atoms with E-state index in [1.165, 1.54) is 0 Å². The van der Waals surface area contributed by atoms with E-state index in [2.05, 4.69) is 0 Å². The van der Waals surface area contributed by atoms with Crippen LogP contribution in [0.5, 0.6) is 0 Å². The lowest BCUT2D eigenvalue weighted by molar-refractivity contribution is -0.131. The smallest absolute Gasteiger partial charge is 0.227 e. The van der Waals surface area contributed by atoms with Crippen LogP contribution in [0.1, 0.15) is 28.7 Å². The number of nitrogens with zero attached hydrogens (tertiary/aromatic N) is 1. The predicted octanol–water partition coefficient (Wildman–Crippen LogP) is 3.50. The van der Waals surface area contributed by atoms with E-state index in [-0.39, 0.29) is 18.7 Å². The molecule has 0 aliphatic heterocycles. The molecule has 0 saturated heterocycles. The molecule has 140 valence electrons. The number of benzene rings is 2. The van der Waals surface area contributed by atoms with Gasteiger partial charge in [-0.1, -0.05) is 42.5 Å². The van der Waals surface area contributed by atoms with E-state index < -0.39 is 5.91 Å². The second kappa shape index (κ2) is 8.08. The third-order valence-corrected chi connectivity index (χ3v) is 4.88. The molecule has 2 amide bonds. The summed E-state index contributed by atoms with van der Waals surface area (Å²) in [4.78, 5) is 25.8. The molecule has 0 radical (unpaired) electrons. The minimum atomic E-state index is -0.416. The van der Waals surface area contributed by atoms with Gasteiger partial charge in [-0.15, -0.1) is 0 Å². The molecule has 0 unspecified atom stereocenters. The highest BCUT2D eigenvalue weighted by atomic mass is 16.3. The van der Waals surface area contributed by atoms with Crippen LogP contribution in [0.4, 0.5) is 0 Å². The average molecular weight is 364 g/mol. The molecule has 1 aromatic heterocycles. The van der Waals surface area contributed by atoms with Gasteiger partial charge < -0.3 is 15.1 Å². The van der Waals surface area contributed by atoms with Crippen molar-refractivity contribution in [3.05, 3.63) is 71.0 Å². The Labute approximate surface area is 158 Å². The van der Waals surface area contributed by atoms with Gasteiger partial charge in [0.15, 0.2) is 0 Å². The first kappa shape index (κ1) is 18.7. The largest absolute Gasteiger partial charge is 0.464 e. The Morgan fingerprint density at radius 2 is 1.81 bits per heavy atom. The molecule has 0 saturated carbocycles. The first-order chi connectivity index (χ1) is 13.0. The zero-order valence-corrected chi connectivity index (χ0v) is 15.7. The first-order valence-corrected chi connectivity index (χ1v) is 9.02. The lowest BCUT2D eigenvalue weighted by Crippen LogP contribution is -2.34. The molecule has 3 rings (SSSR count). The number of primary amides is 1. The van der Waals surface area contributed by atoms with E-state index in [0.29, 0.717) is 13.1 Å². The highest BCUT2D eigenvalue weighted by Gasteiger charge is 2.18. The summed E-state index contributed by atoms with van der Waals surface area (Å²) in [7, 11) is 0. The molecule has 2 aromatic carbocycles. The number of carbonyl (C=O) groups is 2. The van der Waals surface area contributed by atoms with E-state index in [0.717, 1.165) is 33.2 Å². The van der Waals surface area contributed by atoms with Crippen molar-refractivity contribution in [3.8, 4) is 0 Å². The van der Waals surface area contributed by atoms with Crippen LogP contribution in [0.15, 0.2) is 53.1 Å². The van der Waals surface area contributed by atoms with Gasteiger partial charge in [0.25, 0.3) is 0 Å². The Morgan fingerprint density at radius 3 is 2.52 bits per heavy atom. The number of rotatable bonds is 7. The van der Waals surface area contributed by atoms with Gasteiger partial charge in [-0.05, 0) is 30.5 Å². The molecule has 2 N–H and O–H groups in total. The molecule has 0 aliphatic carbocycles. The van der Waals surface area contributed by atoms with Gasteiger partial charge in [0.1, 0.15) is 5.58 Å². The van der Waals surface area contributed by atoms with Crippen LogP contribution in [0, 0.1) is 13.8 Å². The van der Waals surface area contributed by atoms with E-state index >= 15 is 0 Å². The summed E-state index contributed by atoms with van der Waals surface area (Å²) in [5.74, 6) is -0.471. The van der Waals surface area contributed by atoms with E-state index in [9.17, 15) is 9.59 Å². The Morgan fingerprint density at radius 1 is 1.07 bits per heavy atom. The number of aryl methyl sites for hydroxylation is 2. The molecule has 27 heavy (non-hydrogen) atoms. The van der Waals surface area contributed by atoms with E-state index in [1.807, 2.05) is 56.3 Å². The van der Waals surface area contributed by atoms with Crippen molar-refractivity contribution in [2.45, 2.75) is 33.2 Å². The summed E-state index contributed by atoms with van der Waals surface area (Å²) < 4.78 is 5.71. The summed E-state index contributed by atoms with van der Waals surface area (Å²) in [5, 5.41) is 0.959. The van der Waals surface area contributed by atoms with Gasteiger partial charge in [0.05, 0.1) is 12.7 Å². The minimum Gasteiger partial charge on any atom is -0.464 e. The zero-order chi connectivity index (χ0) is 19.4. The van der Waals surface area contributed by atoms with Crippen LogP contribution in [-0.4, -0.2) is 23.3 Å². The van der Waals surface area contributed by atoms with E-state index in [4.69, 9.17) is 10.2 Å².